The van der Waals surface area contributed by atoms with Crippen molar-refractivity contribution in [3.8, 4) is 0 Å². The molecular formula is C25H24F3N3O5. The van der Waals surface area contributed by atoms with Gasteiger partial charge in [0.1, 0.15) is 0 Å². The number of halogens is 3. The number of esters is 1. The third-order valence-corrected chi connectivity index (χ3v) is 5.70. The summed E-state index contributed by atoms with van der Waals surface area (Å²) in [5.41, 5.74) is 0.497. The highest BCUT2D eigenvalue weighted by molar-refractivity contribution is 6.06. The molecule has 11 heteroatoms. The van der Waals surface area contributed by atoms with Crippen LogP contribution in [0.2, 0.25) is 0 Å². The monoisotopic (exact) mass is 503 g/mol. The first-order valence-corrected chi connectivity index (χ1v) is 11.2. The molecule has 0 fully saturated rings. The van der Waals surface area contributed by atoms with Crippen molar-refractivity contribution in [2.45, 2.75) is 45.7 Å². The van der Waals surface area contributed by atoms with Gasteiger partial charge in [0.05, 0.1) is 46.4 Å². The SMILES string of the molecule is CCOC(=O)C1=C(C)N(C(=O)Cc2ccc(C(F)(F)F)cc2)N=C(CC)C1c1cccc([N+](=O)[O-])c1. The number of amides is 1. The number of alkyl halides is 3. The molecular weight excluding hydrogens is 479 g/mol. The highest BCUT2D eigenvalue weighted by Crippen LogP contribution is 2.37. The lowest BCUT2D eigenvalue weighted by molar-refractivity contribution is -0.384. The Kier molecular flexibility index (Phi) is 7.91. The number of carbonyl (C=O) groups is 2. The molecule has 8 nitrogen and oxygen atoms in total. The summed E-state index contributed by atoms with van der Waals surface area (Å²) >= 11 is 0. The van der Waals surface area contributed by atoms with E-state index in [0.717, 1.165) is 17.1 Å². The second kappa shape index (κ2) is 10.7. The van der Waals surface area contributed by atoms with Gasteiger partial charge >= 0.3 is 12.1 Å². The van der Waals surface area contributed by atoms with Crippen LogP contribution in [0.1, 0.15) is 49.8 Å². The van der Waals surface area contributed by atoms with Crippen molar-refractivity contribution in [3.63, 3.8) is 0 Å². The lowest BCUT2D eigenvalue weighted by atomic mass is 9.83. The van der Waals surface area contributed by atoms with Gasteiger partial charge in [-0.3, -0.25) is 14.9 Å². The van der Waals surface area contributed by atoms with Gasteiger partial charge in [0.2, 0.25) is 0 Å². The third kappa shape index (κ3) is 5.61. The maximum atomic E-state index is 13.2. The van der Waals surface area contributed by atoms with E-state index in [9.17, 15) is 32.9 Å². The molecule has 1 amide bonds. The van der Waals surface area contributed by atoms with Gasteiger partial charge in [-0.05, 0) is 43.5 Å². The number of ether oxygens (including phenoxy) is 1. The number of rotatable bonds is 7. The van der Waals surface area contributed by atoms with Gasteiger partial charge in [0.25, 0.3) is 11.6 Å². The normalized spacial score (nSPS) is 16.0. The number of carbonyl (C=O) groups excluding carboxylic acids is 2. The molecule has 0 N–H and O–H groups in total. The number of non-ortho nitro benzene ring substituents is 1. The Hall–Kier alpha value is -4.02. The van der Waals surface area contributed by atoms with Crippen LogP contribution in [0.4, 0.5) is 18.9 Å². The number of hydrogen-bond donors (Lipinski definition) is 0. The highest BCUT2D eigenvalue weighted by Gasteiger charge is 2.37. The van der Waals surface area contributed by atoms with Gasteiger partial charge < -0.3 is 4.74 Å². The summed E-state index contributed by atoms with van der Waals surface area (Å²) in [5, 5.41) is 16.8. The number of benzene rings is 2. The second-order valence-electron chi connectivity index (χ2n) is 8.03. The lowest BCUT2D eigenvalue weighted by Crippen LogP contribution is -2.37. The van der Waals surface area contributed by atoms with Crippen LogP contribution in [-0.4, -0.2) is 34.1 Å². The zero-order valence-electron chi connectivity index (χ0n) is 19.8. The zero-order valence-corrected chi connectivity index (χ0v) is 19.8. The van der Waals surface area contributed by atoms with Gasteiger partial charge in [-0.15, -0.1) is 0 Å². The molecule has 0 saturated carbocycles. The fourth-order valence-corrected chi connectivity index (χ4v) is 3.98. The van der Waals surface area contributed by atoms with Crippen LogP contribution in [0, 0.1) is 10.1 Å². The molecule has 3 rings (SSSR count). The van der Waals surface area contributed by atoms with Gasteiger partial charge in [0.15, 0.2) is 0 Å². The van der Waals surface area contributed by atoms with Gasteiger partial charge in [-0.1, -0.05) is 31.2 Å². The number of hydrogen-bond acceptors (Lipinski definition) is 6. The number of hydrazone groups is 1. The number of nitrogens with zero attached hydrogens (tertiary/aromatic N) is 3. The first-order chi connectivity index (χ1) is 17.0. The maximum Gasteiger partial charge on any atom is 0.416 e. The number of nitro benzene ring substituents is 1. The summed E-state index contributed by atoms with van der Waals surface area (Å²) in [4.78, 5) is 36.9. The van der Waals surface area contributed by atoms with Crippen molar-refractivity contribution in [1.29, 1.82) is 0 Å². The predicted octanol–water partition coefficient (Wildman–Crippen LogP) is 5.39. The van der Waals surface area contributed by atoms with Crippen LogP contribution < -0.4 is 0 Å². The first kappa shape index (κ1) is 26.6. The predicted molar refractivity (Wildman–Crippen MR) is 125 cm³/mol. The van der Waals surface area contributed by atoms with Crippen molar-refractivity contribution in [1.82, 2.24) is 5.01 Å². The molecule has 2 aromatic carbocycles. The average Bonchev–Trinajstić information content (AvgIpc) is 2.83. The fourth-order valence-electron chi connectivity index (χ4n) is 3.98. The van der Waals surface area contributed by atoms with E-state index in [0.29, 0.717) is 23.3 Å². The molecule has 2 aromatic rings. The van der Waals surface area contributed by atoms with E-state index >= 15 is 0 Å². The Bertz CT molecular complexity index is 1240. The van der Waals surface area contributed by atoms with Crippen LogP contribution in [-0.2, 0) is 26.9 Å². The third-order valence-electron chi connectivity index (χ3n) is 5.70. The zero-order chi connectivity index (χ0) is 26.6. The molecule has 0 aromatic heterocycles. The summed E-state index contributed by atoms with van der Waals surface area (Å²) in [5.74, 6) is -2.03. The van der Waals surface area contributed by atoms with Gasteiger partial charge in [-0.25, -0.2) is 9.80 Å². The highest BCUT2D eigenvalue weighted by atomic mass is 19.4. The van der Waals surface area contributed by atoms with E-state index in [4.69, 9.17) is 4.74 Å². The van der Waals surface area contributed by atoms with E-state index in [1.54, 1.807) is 19.9 Å². The Labute approximate surface area is 205 Å². The Morgan fingerprint density at radius 2 is 1.81 bits per heavy atom. The molecule has 1 heterocycles. The van der Waals surface area contributed by atoms with Crippen LogP contribution >= 0.6 is 0 Å². The minimum absolute atomic E-state index is 0.0649. The summed E-state index contributed by atoms with van der Waals surface area (Å²) in [6.45, 7) is 4.97. The molecule has 0 radical (unpaired) electrons. The van der Waals surface area contributed by atoms with Crippen molar-refractivity contribution >= 4 is 23.3 Å². The lowest BCUT2D eigenvalue weighted by Gasteiger charge is -2.32. The van der Waals surface area contributed by atoms with Crippen LogP contribution in [0.25, 0.3) is 0 Å². The Morgan fingerprint density at radius 3 is 2.36 bits per heavy atom. The molecule has 36 heavy (non-hydrogen) atoms. The van der Waals surface area contributed by atoms with E-state index in [-0.39, 0.29) is 30.0 Å². The van der Waals surface area contributed by atoms with Gasteiger partial charge in [-0.2, -0.15) is 18.3 Å². The Morgan fingerprint density at radius 1 is 1.14 bits per heavy atom. The van der Waals surface area contributed by atoms with Crippen molar-refractivity contribution in [2.24, 2.45) is 5.10 Å². The van der Waals surface area contributed by atoms with Crippen molar-refractivity contribution in [2.75, 3.05) is 6.61 Å². The molecule has 1 aliphatic heterocycles. The topological polar surface area (TPSA) is 102 Å². The van der Waals surface area contributed by atoms with E-state index in [1.165, 1.54) is 37.3 Å². The Balaban J connectivity index is 2.02. The summed E-state index contributed by atoms with van der Waals surface area (Å²) < 4.78 is 43.8. The maximum absolute atomic E-state index is 13.2. The molecule has 1 atom stereocenters. The summed E-state index contributed by atoms with van der Waals surface area (Å²) in [6.07, 6.45) is -4.44. The van der Waals surface area contributed by atoms with E-state index in [1.807, 2.05) is 0 Å². The first-order valence-electron chi connectivity index (χ1n) is 11.2. The molecule has 0 spiro atoms. The average molecular weight is 503 g/mol. The minimum Gasteiger partial charge on any atom is -0.463 e. The molecule has 0 aliphatic carbocycles. The quantitative estimate of drug-likeness (QED) is 0.287. The minimum atomic E-state index is -4.49. The number of allylic oxidation sites excluding steroid dienone is 1. The molecule has 0 saturated heterocycles. The molecule has 1 unspecified atom stereocenters. The van der Waals surface area contributed by atoms with Crippen molar-refractivity contribution in [3.05, 3.63) is 86.6 Å². The van der Waals surface area contributed by atoms with Crippen LogP contribution in [0.15, 0.2) is 64.9 Å². The molecule has 0 bridgehead atoms. The van der Waals surface area contributed by atoms with Crippen LogP contribution in [0.5, 0.6) is 0 Å². The van der Waals surface area contributed by atoms with E-state index in [2.05, 4.69) is 5.10 Å². The standard InChI is InChI=1S/C25H24F3N3O5/c1-4-20-23(17-7-6-8-19(14-17)31(34)35)22(24(33)36-5-2)15(3)30(29-20)21(32)13-16-9-11-18(12-10-16)25(26,27)28/h6-12,14,23H,4-5,13H2,1-3H3. The van der Waals surface area contributed by atoms with Crippen LogP contribution in [0.3, 0.4) is 0 Å². The van der Waals surface area contributed by atoms with E-state index < -0.39 is 34.5 Å². The number of nitro groups is 1. The van der Waals surface area contributed by atoms with Crippen molar-refractivity contribution < 1.29 is 32.4 Å². The fraction of sp³-hybridized carbons (Fsp3) is 0.320. The molecule has 1 aliphatic rings. The van der Waals surface area contributed by atoms with Gasteiger partial charge in [0, 0.05) is 12.1 Å². The second-order valence-corrected chi connectivity index (χ2v) is 8.03. The summed E-state index contributed by atoms with van der Waals surface area (Å²) in [7, 11) is 0. The largest absolute Gasteiger partial charge is 0.463 e. The summed E-state index contributed by atoms with van der Waals surface area (Å²) in [6, 6.07) is 10.0. The molecule has 190 valence electrons. The smallest absolute Gasteiger partial charge is 0.416 e.